The Balaban J connectivity index is 1.01. The molecule has 0 atom stereocenters. The van der Waals surface area contributed by atoms with E-state index in [9.17, 15) is 0 Å². The van der Waals surface area contributed by atoms with E-state index in [4.69, 9.17) is 14.4 Å². The lowest BCUT2D eigenvalue weighted by atomic mass is 9.70. The quantitative estimate of drug-likeness (QED) is 0.182. The second-order valence-corrected chi connectivity index (χ2v) is 14.8. The van der Waals surface area contributed by atoms with Crippen LogP contribution < -0.4 is 0 Å². The second kappa shape index (κ2) is 11.8. The molecule has 0 radical (unpaired) electrons. The Labute approximate surface area is 324 Å². The smallest absolute Gasteiger partial charge is 0.160 e. The van der Waals surface area contributed by atoms with Crippen molar-refractivity contribution in [1.82, 2.24) is 9.97 Å². The molecular formula is C53H32N2O. The molecule has 0 unspecified atom stereocenters. The number of fused-ring (bicyclic) bond motifs is 13. The molecule has 8 aromatic carbocycles. The lowest BCUT2D eigenvalue weighted by molar-refractivity contribution is 0.628. The van der Waals surface area contributed by atoms with E-state index >= 15 is 0 Å². The van der Waals surface area contributed by atoms with Crippen LogP contribution in [0.15, 0.2) is 199 Å². The van der Waals surface area contributed by atoms with Gasteiger partial charge in [-0.2, -0.15) is 0 Å². The molecule has 56 heavy (non-hydrogen) atoms. The van der Waals surface area contributed by atoms with E-state index < -0.39 is 5.41 Å². The van der Waals surface area contributed by atoms with Gasteiger partial charge in [-0.1, -0.05) is 176 Å². The Morgan fingerprint density at radius 1 is 0.375 bits per heavy atom. The number of hydrogen-bond donors (Lipinski definition) is 0. The zero-order chi connectivity index (χ0) is 36.8. The summed E-state index contributed by atoms with van der Waals surface area (Å²) in [4.78, 5) is 10.4. The van der Waals surface area contributed by atoms with Crippen LogP contribution in [0.1, 0.15) is 22.3 Å². The molecule has 0 bridgehead atoms. The van der Waals surface area contributed by atoms with Crippen LogP contribution in [-0.4, -0.2) is 9.97 Å². The lowest BCUT2D eigenvalue weighted by Crippen LogP contribution is -2.25. The number of para-hydroxylation sites is 1. The Kier molecular flexibility index (Phi) is 6.55. The summed E-state index contributed by atoms with van der Waals surface area (Å²) in [6.07, 6.45) is 0. The normalized spacial score (nSPS) is 13.1. The van der Waals surface area contributed by atoms with Crippen LogP contribution in [0.5, 0.6) is 0 Å². The van der Waals surface area contributed by atoms with Gasteiger partial charge in [0.15, 0.2) is 5.82 Å². The Morgan fingerprint density at radius 2 is 0.982 bits per heavy atom. The highest BCUT2D eigenvalue weighted by atomic mass is 16.3. The van der Waals surface area contributed by atoms with E-state index in [0.717, 1.165) is 61.5 Å². The van der Waals surface area contributed by atoms with Gasteiger partial charge in [-0.05, 0) is 67.9 Å². The van der Waals surface area contributed by atoms with Gasteiger partial charge in [0.05, 0.1) is 16.8 Å². The SMILES string of the molecule is c1ccc(-c2cc(-c3cccc4ccccc34)nc(-c3ccc(-c4ccc5c(c4)C4(c6ccccc6-c6ccccc64)c4c-5oc5ccccc45)cc3)n2)cc1. The molecule has 2 heterocycles. The first kappa shape index (κ1) is 31.0. The van der Waals surface area contributed by atoms with Crippen LogP contribution in [-0.2, 0) is 5.41 Å². The maximum absolute atomic E-state index is 6.76. The monoisotopic (exact) mass is 712 g/mol. The van der Waals surface area contributed by atoms with Crippen LogP contribution in [0.2, 0.25) is 0 Å². The van der Waals surface area contributed by atoms with Crippen LogP contribution in [0.25, 0.3) is 89.2 Å². The highest BCUT2D eigenvalue weighted by Gasteiger charge is 2.54. The Hall–Kier alpha value is -7.36. The molecule has 0 amide bonds. The minimum absolute atomic E-state index is 0.496. The molecule has 0 aliphatic heterocycles. The molecule has 3 heteroatoms. The Bertz CT molecular complexity index is 3140. The first-order chi connectivity index (χ1) is 27.8. The van der Waals surface area contributed by atoms with Crippen LogP contribution >= 0.6 is 0 Å². The van der Waals surface area contributed by atoms with E-state index in [1.54, 1.807) is 0 Å². The van der Waals surface area contributed by atoms with E-state index in [2.05, 4.69) is 188 Å². The van der Waals surface area contributed by atoms with Gasteiger partial charge in [-0.15, -0.1) is 0 Å². The van der Waals surface area contributed by atoms with Crippen LogP contribution in [0, 0.1) is 0 Å². The molecule has 0 fully saturated rings. The van der Waals surface area contributed by atoms with Crippen molar-refractivity contribution in [2.75, 3.05) is 0 Å². The maximum atomic E-state index is 6.76. The van der Waals surface area contributed by atoms with Crippen LogP contribution in [0.3, 0.4) is 0 Å². The Morgan fingerprint density at radius 3 is 1.79 bits per heavy atom. The minimum Gasteiger partial charge on any atom is -0.456 e. The van der Waals surface area contributed by atoms with Crippen molar-refractivity contribution in [3.05, 3.63) is 216 Å². The van der Waals surface area contributed by atoms with Gasteiger partial charge in [0.25, 0.3) is 0 Å². The van der Waals surface area contributed by atoms with Crippen molar-refractivity contribution >= 4 is 21.7 Å². The van der Waals surface area contributed by atoms with Gasteiger partial charge in [-0.3, -0.25) is 0 Å². The molecule has 0 saturated heterocycles. The van der Waals surface area contributed by atoms with Crippen molar-refractivity contribution in [3.8, 4) is 67.5 Å². The fourth-order valence-electron chi connectivity index (χ4n) is 9.50. The average Bonchev–Trinajstić information content (AvgIpc) is 3.90. The van der Waals surface area contributed by atoms with Gasteiger partial charge >= 0.3 is 0 Å². The topological polar surface area (TPSA) is 38.9 Å². The van der Waals surface area contributed by atoms with Crippen molar-refractivity contribution in [3.63, 3.8) is 0 Å². The molecule has 2 aromatic heterocycles. The number of benzene rings is 8. The molecule has 12 rings (SSSR count). The van der Waals surface area contributed by atoms with E-state index in [-0.39, 0.29) is 0 Å². The van der Waals surface area contributed by atoms with Gasteiger partial charge in [-0.25, -0.2) is 9.97 Å². The molecule has 0 saturated carbocycles. The molecule has 2 aliphatic carbocycles. The molecular weight excluding hydrogens is 681 g/mol. The van der Waals surface area contributed by atoms with Gasteiger partial charge in [0.1, 0.15) is 11.3 Å². The predicted octanol–water partition coefficient (Wildman–Crippen LogP) is 13.4. The third-order valence-corrected chi connectivity index (χ3v) is 11.9. The van der Waals surface area contributed by atoms with Crippen molar-refractivity contribution in [2.24, 2.45) is 0 Å². The summed E-state index contributed by atoms with van der Waals surface area (Å²) in [5.41, 5.74) is 16.4. The maximum Gasteiger partial charge on any atom is 0.160 e. The molecule has 1 spiro atoms. The van der Waals surface area contributed by atoms with Crippen molar-refractivity contribution in [2.45, 2.75) is 5.41 Å². The zero-order valence-corrected chi connectivity index (χ0v) is 30.3. The number of nitrogens with zero attached hydrogens (tertiary/aromatic N) is 2. The number of hydrogen-bond acceptors (Lipinski definition) is 3. The molecule has 260 valence electrons. The number of rotatable bonds is 4. The summed E-state index contributed by atoms with van der Waals surface area (Å²) in [7, 11) is 0. The first-order valence-electron chi connectivity index (χ1n) is 19.2. The van der Waals surface area contributed by atoms with Crippen LogP contribution in [0.4, 0.5) is 0 Å². The van der Waals surface area contributed by atoms with Crippen molar-refractivity contribution < 1.29 is 4.42 Å². The molecule has 10 aromatic rings. The molecule has 3 nitrogen and oxygen atoms in total. The second-order valence-electron chi connectivity index (χ2n) is 14.8. The lowest BCUT2D eigenvalue weighted by Gasteiger charge is -2.30. The highest BCUT2D eigenvalue weighted by Crippen LogP contribution is 2.65. The standard InChI is InChI=1S/C53H32N2O/c1-2-14-35(15-3-1)47-32-48(41-21-12-16-34-13-4-5-17-38(34)41)55-52(54-47)36-27-25-33(26-28-36)37-29-30-42-46(31-37)53(50-43-20-8-11-24-49(43)56-51(42)50)44-22-9-6-18-39(44)40-19-7-10-23-45(40)53/h1-32H. The highest BCUT2D eigenvalue weighted by molar-refractivity contribution is 6.02. The van der Waals surface area contributed by atoms with E-state index in [1.807, 2.05) is 6.07 Å². The largest absolute Gasteiger partial charge is 0.456 e. The third kappa shape index (κ3) is 4.34. The summed E-state index contributed by atoms with van der Waals surface area (Å²) in [5, 5.41) is 3.52. The molecule has 0 N–H and O–H groups in total. The number of furan rings is 1. The fourth-order valence-corrected chi connectivity index (χ4v) is 9.50. The first-order valence-corrected chi connectivity index (χ1v) is 19.2. The summed E-state index contributed by atoms with van der Waals surface area (Å²) in [5.74, 6) is 1.66. The summed E-state index contributed by atoms with van der Waals surface area (Å²) < 4.78 is 6.76. The van der Waals surface area contributed by atoms with Gasteiger partial charge in [0, 0.05) is 33.2 Å². The van der Waals surface area contributed by atoms with Crippen molar-refractivity contribution in [1.29, 1.82) is 0 Å². The van der Waals surface area contributed by atoms with E-state index in [1.165, 1.54) is 44.2 Å². The van der Waals surface area contributed by atoms with Gasteiger partial charge in [0.2, 0.25) is 0 Å². The zero-order valence-electron chi connectivity index (χ0n) is 30.3. The van der Waals surface area contributed by atoms with E-state index in [0.29, 0.717) is 5.82 Å². The summed E-state index contributed by atoms with van der Waals surface area (Å²) >= 11 is 0. The molecule has 2 aliphatic rings. The summed E-state index contributed by atoms with van der Waals surface area (Å²) in [6, 6.07) is 69.3. The predicted molar refractivity (Wildman–Crippen MR) is 227 cm³/mol. The average molecular weight is 713 g/mol. The fraction of sp³-hybridized carbons (Fsp3) is 0.0189. The van der Waals surface area contributed by atoms with Gasteiger partial charge < -0.3 is 4.42 Å². The number of aromatic nitrogens is 2. The summed E-state index contributed by atoms with van der Waals surface area (Å²) in [6.45, 7) is 0. The minimum atomic E-state index is -0.496. The third-order valence-electron chi connectivity index (χ3n) is 11.9.